The zero-order valence-electron chi connectivity index (χ0n) is 12.6. The summed E-state index contributed by atoms with van der Waals surface area (Å²) in [6, 6.07) is 3.36. The number of aromatic amines is 1. The number of ether oxygens (including phenoxy) is 1. The summed E-state index contributed by atoms with van der Waals surface area (Å²) >= 11 is 1.44. The predicted molar refractivity (Wildman–Crippen MR) is 83.5 cm³/mol. The fourth-order valence-corrected chi connectivity index (χ4v) is 2.49. The number of hydrogen-bond acceptors (Lipinski definition) is 7. The third-order valence-electron chi connectivity index (χ3n) is 3.32. The molecule has 122 valence electrons. The second-order valence-electron chi connectivity index (χ2n) is 4.94. The number of amides is 1. The molecular formula is C14H17N5O3S. The average Bonchev–Trinajstić information content (AvgIpc) is 3.11. The molecule has 1 aliphatic rings. The van der Waals surface area contributed by atoms with Gasteiger partial charge in [-0.05, 0) is 31.2 Å². The maximum atomic E-state index is 12.1. The Morgan fingerprint density at radius 2 is 2.39 bits per heavy atom. The van der Waals surface area contributed by atoms with Crippen molar-refractivity contribution in [1.29, 1.82) is 0 Å². The van der Waals surface area contributed by atoms with E-state index in [9.17, 15) is 4.79 Å². The van der Waals surface area contributed by atoms with Crippen LogP contribution in [0.15, 0.2) is 23.5 Å². The molecule has 0 radical (unpaired) electrons. The zero-order valence-corrected chi connectivity index (χ0v) is 13.4. The Morgan fingerprint density at radius 3 is 3.17 bits per heavy atom. The van der Waals surface area contributed by atoms with Crippen molar-refractivity contribution >= 4 is 17.7 Å². The van der Waals surface area contributed by atoms with Gasteiger partial charge in [0.05, 0.1) is 5.69 Å². The van der Waals surface area contributed by atoms with Crippen LogP contribution >= 0.6 is 11.8 Å². The number of carbonyl (C=O) groups is 1. The highest BCUT2D eigenvalue weighted by Gasteiger charge is 2.17. The van der Waals surface area contributed by atoms with Crippen LogP contribution in [-0.2, 0) is 9.57 Å². The largest absolute Gasteiger partial charge is 0.350 e. The van der Waals surface area contributed by atoms with Crippen LogP contribution in [0.25, 0.3) is 11.4 Å². The van der Waals surface area contributed by atoms with Crippen molar-refractivity contribution in [3.63, 3.8) is 0 Å². The molecule has 3 rings (SSSR count). The van der Waals surface area contributed by atoms with E-state index in [0.717, 1.165) is 19.3 Å². The van der Waals surface area contributed by atoms with E-state index in [1.807, 2.05) is 6.26 Å². The molecule has 2 N–H and O–H groups in total. The molecular weight excluding hydrogens is 318 g/mol. The molecule has 0 aliphatic carbocycles. The molecule has 0 aromatic carbocycles. The van der Waals surface area contributed by atoms with Gasteiger partial charge in [0.25, 0.3) is 5.91 Å². The number of hydroxylamine groups is 1. The van der Waals surface area contributed by atoms with Gasteiger partial charge in [-0.15, -0.1) is 0 Å². The van der Waals surface area contributed by atoms with Crippen LogP contribution < -0.4 is 5.48 Å². The van der Waals surface area contributed by atoms with Gasteiger partial charge in [-0.2, -0.15) is 5.10 Å². The average molecular weight is 335 g/mol. The van der Waals surface area contributed by atoms with E-state index >= 15 is 0 Å². The molecule has 1 atom stereocenters. The summed E-state index contributed by atoms with van der Waals surface area (Å²) in [4.78, 5) is 25.8. The fraction of sp³-hybridized carbons (Fsp3) is 0.429. The molecule has 3 heterocycles. The van der Waals surface area contributed by atoms with Gasteiger partial charge in [0.1, 0.15) is 11.4 Å². The monoisotopic (exact) mass is 335 g/mol. The summed E-state index contributed by atoms with van der Waals surface area (Å²) in [6.07, 6.45) is 5.99. The minimum absolute atomic E-state index is 0.292. The zero-order chi connectivity index (χ0) is 16.1. The summed E-state index contributed by atoms with van der Waals surface area (Å²) < 4.78 is 5.38. The van der Waals surface area contributed by atoms with Crippen LogP contribution in [-0.4, -0.2) is 45.2 Å². The summed E-state index contributed by atoms with van der Waals surface area (Å²) in [5.74, 6) is -0.405. The first-order chi connectivity index (χ1) is 11.3. The quantitative estimate of drug-likeness (QED) is 0.488. The van der Waals surface area contributed by atoms with Crippen LogP contribution in [0.1, 0.15) is 29.8 Å². The highest BCUT2D eigenvalue weighted by atomic mass is 32.2. The molecule has 0 saturated carbocycles. The first-order valence-corrected chi connectivity index (χ1v) is 8.49. The van der Waals surface area contributed by atoms with E-state index in [2.05, 4.69) is 25.6 Å². The predicted octanol–water partition coefficient (Wildman–Crippen LogP) is 1.78. The van der Waals surface area contributed by atoms with Crippen molar-refractivity contribution in [3.8, 4) is 11.4 Å². The van der Waals surface area contributed by atoms with Crippen molar-refractivity contribution in [2.45, 2.75) is 30.7 Å². The number of nitrogens with zero attached hydrogens (tertiary/aromatic N) is 3. The van der Waals surface area contributed by atoms with Crippen molar-refractivity contribution in [3.05, 3.63) is 24.0 Å². The Kier molecular flexibility index (Phi) is 5.21. The molecule has 1 amide bonds. The van der Waals surface area contributed by atoms with Crippen LogP contribution in [0.3, 0.4) is 0 Å². The number of nitrogens with one attached hydrogen (secondary N) is 2. The van der Waals surface area contributed by atoms with Crippen LogP contribution in [0, 0.1) is 0 Å². The van der Waals surface area contributed by atoms with E-state index in [-0.39, 0.29) is 6.29 Å². The first-order valence-electron chi connectivity index (χ1n) is 7.26. The van der Waals surface area contributed by atoms with Crippen molar-refractivity contribution in [1.82, 2.24) is 25.6 Å². The Hall–Kier alpha value is -1.97. The van der Waals surface area contributed by atoms with Gasteiger partial charge in [-0.25, -0.2) is 20.3 Å². The first kappa shape index (κ1) is 15.9. The van der Waals surface area contributed by atoms with Gasteiger partial charge in [0, 0.05) is 19.2 Å². The van der Waals surface area contributed by atoms with Gasteiger partial charge in [-0.3, -0.25) is 9.89 Å². The number of thioether (sulfide) groups is 1. The second-order valence-corrected chi connectivity index (χ2v) is 5.71. The molecule has 2 aromatic heterocycles. The van der Waals surface area contributed by atoms with E-state index in [0.29, 0.717) is 28.8 Å². The maximum Gasteiger partial charge on any atom is 0.292 e. The number of carbonyl (C=O) groups excluding carboxylic acids is 1. The molecule has 9 heteroatoms. The molecule has 1 saturated heterocycles. The lowest BCUT2D eigenvalue weighted by molar-refractivity contribution is -0.186. The molecule has 0 bridgehead atoms. The molecule has 8 nitrogen and oxygen atoms in total. The number of hydrogen-bond donors (Lipinski definition) is 2. The lowest BCUT2D eigenvalue weighted by Gasteiger charge is -2.21. The third kappa shape index (κ3) is 4.06. The minimum atomic E-state index is -0.405. The van der Waals surface area contributed by atoms with E-state index in [1.54, 1.807) is 18.3 Å². The summed E-state index contributed by atoms with van der Waals surface area (Å²) in [7, 11) is 0. The van der Waals surface area contributed by atoms with Gasteiger partial charge in [0.2, 0.25) is 0 Å². The number of H-pyrrole nitrogens is 1. The van der Waals surface area contributed by atoms with E-state index in [1.165, 1.54) is 11.8 Å². The third-order valence-corrected chi connectivity index (χ3v) is 3.88. The van der Waals surface area contributed by atoms with E-state index in [4.69, 9.17) is 9.57 Å². The Labute approximate surface area is 137 Å². The lowest BCUT2D eigenvalue weighted by Crippen LogP contribution is -2.33. The molecule has 1 fully saturated rings. The molecule has 0 unspecified atom stereocenters. The lowest BCUT2D eigenvalue weighted by atomic mass is 10.2. The number of rotatable bonds is 5. The summed E-state index contributed by atoms with van der Waals surface area (Å²) in [6.45, 7) is 0.653. The Balaban J connectivity index is 1.62. The second kappa shape index (κ2) is 7.53. The normalized spacial score (nSPS) is 17.9. The summed E-state index contributed by atoms with van der Waals surface area (Å²) in [5, 5.41) is 7.43. The highest BCUT2D eigenvalue weighted by Crippen LogP contribution is 2.18. The topological polar surface area (TPSA) is 102 Å². The smallest absolute Gasteiger partial charge is 0.292 e. The maximum absolute atomic E-state index is 12.1. The molecule has 23 heavy (non-hydrogen) atoms. The van der Waals surface area contributed by atoms with Gasteiger partial charge < -0.3 is 4.74 Å². The van der Waals surface area contributed by atoms with Crippen molar-refractivity contribution in [2.75, 3.05) is 12.9 Å². The standard InChI is InChI=1S/C14H17N5O3S/c1-23-14-15-6-5-9(16-14)10-8-11(18-17-10)13(20)19-22-12-4-2-3-7-21-12/h5-6,8,12H,2-4,7H2,1H3,(H,17,18)(H,19,20)/t12-/m1/s1. The fourth-order valence-electron chi connectivity index (χ4n) is 2.13. The summed E-state index contributed by atoms with van der Waals surface area (Å²) in [5.41, 5.74) is 3.90. The Bertz CT molecular complexity index is 672. The highest BCUT2D eigenvalue weighted by molar-refractivity contribution is 7.98. The van der Waals surface area contributed by atoms with Crippen molar-refractivity contribution < 1.29 is 14.4 Å². The van der Waals surface area contributed by atoms with Gasteiger partial charge in [0.15, 0.2) is 11.4 Å². The van der Waals surface area contributed by atoms with Crippen molar-refractivity contribution in [2.24, 2.45) is 0 Å². The minimum Gasteiger partial charge on any atom is -0.350 e. The van der Waals surface area contributed by atoms with E-state index < -0.39 is 5.91 Å². The Morgan fingerprint density at radius 1 is 1.48 bits per heavy atom. The molecule has 1 aliphatic heterocycles. The van der Waals surface area contributed by atoms with Gasteiger partial charge >= 0.3 is 0 Å². The van der Waals surface area contributed by atoms with Crippen LogP contribution in [0.4, 0.5) is 0 Å². The van der Waals surface area contributed by atoms with Crippen LogP contribution in [0.5, 0.6) is 0 Å². The number of aromatic nitrogens is 4. The molecule has 0 spiro atoms. The van der Waals surface area contributed by atoms with Crippen LogP contribution in [0.2, 0.25) is 0 Å². The van der Waals surface area contributed by atoms with Gasteiger partial charge in [-0.1, -0.05) is 11.8 Å². The SMILES string of the molecule is CSc1nccc(-c2cc(C(=O)NO[C@@H]3CCCCO3)[nH]n2)n1. The molecule has 2 aromatic rings.